The van der Waals surface area contributed by atoms with Gasteiger partial charge in [0.05, 0.1) is 0 Å². The van der Waals surface area contributed by atoms with Crippen LogP contribution in [0.4, 0.5) is 4.79 Å². The molecule has 0 saturated heterocycles. The average molecular weight is 409 g/mol. The van der Waals surface area contributed by atoms with Crippen molar-refractivity contribution in [3.8, 4) is 0 Å². The van der Waals surface area contributed by atoms with Crippen LogP contribution in [0.25, 0.3) is 0 Å². The van der Waals surface area contributed by atoms with E-state index in [4.69, 9.17) is 4.74 Å². The van der Waals surface area contributed by atoms with Crippen LogP contribution in [0.3, 0.4) is 0 Å². The molecule has 0 bridgehead atoms. The topological polar surface area (TPSA) is 96.5 Å². The molecule has 0 radical (unpaired) electrons. The molecule has 30 heavy (non-hydrogen) atoms. The first-order valence-corrected chi connectivity index (χ1v) is 9.69. The Bertz CT molecular complexity index is 840. The van der Waals surface area contributed by atoms with E-state index in [-0.39, 0.29) is 18.9 Å². The highest BCUT2D eigenvalue weighted by Gasteiger charge is 2.25. The Balaban J connectivity index is 2.00. The van der Waals surface area contributed by atoms with Gasteiger partial charge in [-0.05, 0) is 18.1 Å². The first kappa shape index (κ1) is 22.7. The van der Waals surface area contributed by atoms with E-state index in [0.29, 0.717) is 6.54 Å². The van der Waals surface area contributed by atoms with Gasteiger partial charge in [0.15, 0.2) is 0 Å². The molecule has 0 aliphatic carbocycles. The number of hydrogen-bond acceptors (Lipinski definition) is 4. The number of benzene rings is 2. The van der Waals surface area contributed by atoms with Crippen LogP contribution in [0.1, 0.15) is 18.1 Å². The summed E-state index contributed by atoms with van der Waals surface area (Å²) in [5, 5.41) is 7.86. The fourth-order valence-corrected chi connectivity index (χ4v) is 2.67. The van der Waals surface area contributed by atoms with Gasteiger partial charge in [0, 0.05) is 13.0 Å². The molecule has 3 amide bonds. The number of hydrogen-bond donors (Lipinski definition) is 3. The smallest absolute Gasteiger partial charge is 0.408 e. The highest BCUT2D eigenvalue weighted by atomic mass is 16.5. The predicted molar refractivity (Wildman–Crippen MR) is 115 cm³/mol. The maximum Gasteiger partial charge on any atom is 0.408 e. The Labute approximate surface area is 176 Å². The van der Waals surface area contributed by atoms with E-state index >= 15 is 0 Å². The second-order valence-corrected chi connectivity index (χ2v) is 6.71. The summed E-state index contributed by atoms with van der Waals surface area (Å²) in [5.41, 5.74) is 1.70. The van der Waals surface area contributed by atoms with Gasteiger partial charge in [0.2, 0.25) is 11.8 Å². The minimum Gasteiger partial charge on any atom is -0.445 e. The summed E-state index contributed by atoms with van der Waals surface area (Å²) in [7, 11) is 0. The summed E-state index contributed by atoms with van der Waals surface area (Å²) in [6.07, 6.45) is 1.10. The Kier molecular flexibility index (Phi) is 9.12. The quantitative estimate of drug-likeness (QED) is 0.525. The summed E-state index contributed by atoms with van der Waals surface area (Å²) in [5.74, 6) is -0.815. The molecule has 2 atom stereocenters. The monoisotopic (exact) mass is 409 g/mol. The Hall–Kier alpha value is -3.61. The van der Waals surface area contributed by atoms with E-state index in [2.05, 4.69) is 22.5 Å². The first-order chi connectivity index (χ1) is 14.5. The number of amides is 3. The number of ether oxygens (including phenoxy) is 1. The summed E-state index contributed by atoms with van der Waals surface area (Å²) in [4.78, 5) is 37.1. The predicted octanol–water partition coefficient (Wildman–Crippen LogP) is 2.33. The van der Waals surface area contributed by atoms with E-state index in [1.165, 1.54) is 0 Å². The lowest BCUT2D eigenvalue weighted by molar-refractivity contribution is -0.129. The molecule has 0 saturated carbocycles. The van der Waals surface area contributed by atoms with Crippen molar-refractivity contribution < 1.29 is 19.1 Å². The van der Waals surface area contributed by atoms with Crippen molar-refractivity contribution in [2.75, 3.05) is 6.54 Å². The second-order valence-electron chi connectivity index (χ2n) is 6.71. The van der Waals surface area contributed by atoms with Crippen molar-refractivity contribution >= 4 is 17.9 Å². The largest absolute Gasteiger partial charge is 0.445 e. The van der Waals surface area contributed by atoms with Gasteiger partial charge in [0.25, 0.3) is 0 Å². The minimum atomic E-state index is -0.898. The summed E-state index contributed by atoms with van der Waals surface area (Å²) >= 11 is 0. The third kappa shape index (κ3) is 7.79. The molecule has 0 fully saturated rings. The number of nitrogens with one attached hydrogen (secondary N) is 3. The molecule has 0 aromatic heterocycles. The number of carbonyl (C=O) groups is 3. The summed E-state index contributed by atoms with van der Waals surface area (Å²) < 4.78 is 5.23. The zero-order valence-electron chi connectivity index (χ0n) is 17.0. The third-order valence-electron chi connectivity index (χ3n) is 4.28. The molecule has 2 rings (SSSR count). The molecular formula is C23H27N3O4. The zero-order valence-corrected chi connectivity index (χ0v) is 17.0. The Morgan fingerprint density at radius 3 is 2.13 bits per heavy atom. The number of carbonyl (C=O) groups excluding carboxylic acids is 3. The highest BCUT2D eigenvalue weighted by molar-refractivity contribution is 5.91. The molecule has 2 aromatic carbocycles. The molecule has 7 nitrogen and oxygen atoms in total. The maximum absolute atomic E-state index is 12.8. The van der Waals surface area contributed by atoms with Crippen molar-refractivity contribution in [2.24, 2.45) is 0 Å². The van der Waals surface area contributed by atoms with Gasteiger partial charge < -0.3 is 20.7 Å². The SMILES string of the molecule is C=CCNC(=O)[C@H](C)NC(=O)[C@H](Cc1ccccc1)NC(=O)OCc1ccccc1. The molecule has 0 heterocycles. The van der Waals surface area contributed by atoms with Gasteiger partial charge >= 0.3 is 6.09 Å². The van der Waals surface area contributed by atoms with Crippen molar-refractivity contribution in [3.63, 3.8) is 0 Å². The fraction of sp³-hybridized carbons (Fsp3) is 0.261. The van der Waals surface area contributed by atoms with E-state index in [0.717, 1.165) is 11.1 Å². The van der Waals surface area contributed by atoms with Gasteiger partial charge in [-0.15, -0.1) is 6.58 Å². The molecule has 158 valence electrons. The lowest BCUT2D eigenvalue weighted by Gasteiger charge is -2.21. The van der Waals surface area contributed by atoms with Crippen molar-refractivity contribution in [1.29, 1.82) is 0 Å². The summed E-state index contributed by atoms with van der Waals surface area (Å²) in [6, 6.07) is 16.9. The normalized spacial score (nSPS) is 12.2. The van der Waals surface area contributed by atoms with Crippen LogP contribution < -0.4 is 16.0 Å². The van der Waals surface area contributed by atoms with E-state index < -0.39 is 24.1 Å². The Morgan fingerprint density at radius 2 is 1.53 bits per heavy atom. The first-order valence-electron chi connectivity index (χ1n) is 9.69. The van der Waals surface area contributed by atoms with Crippen molar-refractivity contribution in [2.45, 2.75) is 32.0 Å². The molecule has 2 aromatic rings. The number of rotatable bonds is 10. The lowest BCUT2D eigenvalue weighted by atomic mass is 10.1. The Morgan fingerprint density at radius 1 is 0.933 bits per heavy atom. The summed E-state index contributed by atoms with van der Waals surface area (Å²) in [6.45, 7) is 5.50. The lowest BCUT2D eigenvalue weighted by Crippen LogP contribution is -2.53. The third-order valence-corrected chi connectivity index (χ3v) is 4.28. The van der Waals surface area contributed by atoms with Crippen LogP contribution in [0.2, 0.25) is 0 Å². The molecule has 0 aliphatic rings. The number of alkyl carbamates (subject to hydrolysis) is 1. The van der Waals surface area contributed by atoms with Crippen molar-refractivity contribution in [1.82, 2.24) is 16.0 Å². The van der Waals surface area contributed by atoms with Gasteiger partial charge in [-0.2, -0.15) is 0 Å². The van der Waals surface area contributed by atoms with Crippen LogP contribution in [0, 0.1) is 0 Å². The standard InChI is InChI=1S/C23H27N3O4/c1-3-14-24-21(27)17(2)25-22(28)20(15-18-10-6-4-7-11-18)26-23(29)30-16-19-12-8-5-9-13-19/h3-13,17,20H,1,14-16H2,2H3,(H,24,27)(H,25,28)(H,26,29)/t17-,20-/m0/s1. The fourth-order valence-electron chi connectivity index (χ4n) is 2.67. The molecular weight excluding hydrogens is 382 g/mol. The van der Waals surface area contributed by atoms with Gasteiger partial charge in [-0.1, -0.05) is 66.7 Å². The maximum atomic E-state index is 12.8. The zero-order chi connectivity index (χ0) is 21.8. The van der Waals surface area contributed by atoms with Crippen molar-refractivity contribution in [3.05, 3.63) is 84.4 Å². The van der Waals surface area contributed by atoms with E-state index in [9.17, 15) is 14.4 Å². The molecule has 0 spiro atoms. The van der Waals surface area contributed by atoms with Crippen LogP contribution in [0.15, 0.2) is 73.3 Å². The molecule has 3 N–H and O–H groups in total. The van der Waals surface area contributed by atoms with Gasteiger partial charge in [-0.25, -0.2) is 4.79 Å². The van der Waals surface area contributed by atoms with Crippen LogP contribution in [0.5, 0.6) is 0 Å². The molecule has 0 aliphatic heterocycles. The second kappa shape index (κ2) is 12.1. The molecule has 0 unspecified atom stereocenters. The van der Waals surface area contributed by atoms with E-state index in [1.807, 2.05) is 60.7 Å². The van der Waals surface area contributed by atoms with Crippen LogP contribution >= 0.6 is 0 Å². The van der Waals surface area contributed by atoms with Crippen LogP contribution in [-0.2, 0) is 27.4 Å². The minimum absolute atomic E-state index is 0.0900. The molecule has 7 heteroatoms. The highest BCUT2D eigenvalue weighted by Crippen LogP contribution is 2.06. The van der Waals surface area contributed by atoms with Crippen LogP contribution in [-0.4, -0.2) is 36.5 Å². The average Bonchev–Trinajstić information content (AvgIpc) is 2.77. The van der Waals surface area contributed by atoms with Gasteiger partial charge in [-0.3, -0.25) is 9.59 Å². The van der Waals surface area contributed by atoms with Gasteiger partial charge in [0.1, 0.15) is 18.7 Å². The van der Waals surface area contributed by atoms with E-state index in [1.54, 1.807) is 13.0 Å².